The highest BCUT2D eigenvalue weighted by atomic mass is 31.2. The summed E-state index contributed by atoms with van der Waals surface area (Å²) in [4.78, 5) is 73.2. The maximum Gasteiger partial charge on any atom is 0.472 e. The molecule has 0 aromatic rings. The number of hydrogen-bond acceptors (Lipinski definition) is 15. The van der Waals surface area contributed by atoms with Crippen molar-refractivity contribution in [1.82, 2.24) is 0 Å². The van der Waals surface area contributed by atoms with Crippen LogP contribution in [0, 0.1) is 23.7 Å². The summed E-state index contributed by atoms with van der Waals surface area (Å²) < 4.78 is 68.8. The van der Waals surface area contributed by atoms with Gasteiger partial charge in [-0.25, -0.2) is 9.13 Å². The molecule has 103 heavy (non-hydrogen) atoms. The first-order chi connectivity index (χ1) is 49.7. The minimum atomic E-state index is -4.97. The van der Waals surface area contributed by atoms with Crippen molar-refractivity contribution in [2.24, 2.45) is 23.7 Å². The van der Waals surface area contributed by atoms with Gasteiger partial charge < -0.3 is 33.8 Å². The lowest BCUT2D eigenvalue weighted by Gasteiger charge is -2.21. The summed E-state index contributed by atoms with van der Waals surface area (Å²) in [6.07, 6.45) is 60.9. The molecule has 0 rings (SSSR count). The summed E-state index contributed by atoms with van der Waals surface area (Å²) in [6, 6.07) is 0. The molecule has 0 saturated heterocycles. The highest BCUT2D eigenvalue weighted by Crippen LogP contribution is 2.45. The van der Waals surface area contributed by atoms with E-state index in [-0.39, 0.29) is 25.7 Å². The average Bonchev–Trinajstić information content (AvgIpc) is 0.905. The Morgan fingerprint density at radius 2 is 0.466 bits per heavy atom. The van der Waals surface area contributed by atoms with Crippen LogP contribution in [0.15, 0.2) is 0 Å². The second kappa shape index (κ2) is 72.9. The predicted molar refractivity (Wildman–Crippen MR) is 423 cm³/mol. The molecule has 0 aromatic carbocycles. The lowest BCUT2D eigenvalue weighted by Crippen LogP contribution is -2.30. The van der Waals surface area contributed by atoms with Crippen LogP contribution >= 0.6 is 15.6 Å². The first-order valence-corrected chi connectivity index (χ1v) is 46.3. The fraction of sp³-hybridized carbons (Fsp3) is 0.952. The summed E-state index contributed by atoms with van der Waals surface area (Å²) in [7, 11) is -9.93. The predicted octanol–water partition coefficient (Wildman–Crippen LogP) is 25.2. The summed E-state index contributed by atoms with van der Waals surface area (Å²) in [5.41, 5.74) is 0. The van der Waals surface area contributed by atoms with Gasteiger partial charge >= 0.3 is 39.5 Å². The van der Waals surface area contributed by atoms with E-state index in [1.807, 2.05) is 0 Å². The zero-order valence-electron chi connectivity index (χ0n) is 68.0. The van der Waals surface area contributed by atoms with Crippen LogP contribution in [0.1, 0.15) is 434 Å². The van der Waals surface area contributed by atoms with E-state index in [2.05, 4.69) is 55.4 Å². The van der Waals surface area contributed by atoms with Crippen LogP contribution in [0.3, 0.4) is 0 Å². The zero-order chi connectivity index (χ0) is 76.0. The zero-order valence-corrected chi connectivity index (χ0v) is 69.7. The van der Waals surface area contributed by atoms with Gasteiger partial charge in [-0.05, 0) is 49.4 Å². The molecule has 3 N–H and O–H groups in total. The Morgan fingerprint density at radius 1 is 0.272 bits per heavy atom. The van der Waals surface area contributed by atoms with Crippen LogP contribution in [0.4, 0.5) is 0 Å². The monoisotopic (exact) mass is 1510 g/mol. The van der Waals surface area contributed by atoms with Crippen molar-refractivity contribution in [3.63, 3.8) is 0 Å². The van der Waals surface area contributed by atoms with Gasteiger partial charge in [-0.2, -0.15) is 0 Å². The van der Waals surface area contributed by atoms with Crippen molar-refractivity contribution in [3.05, 3.63) is 0 Å². The molecule has 0 aromatic heterocycles. The molecule has 17 nitrogen and oxygen atoms in total. The van der Waals surface area contributed by atoms with Crippen molar-refractivity contribution in [2.45, 2.75) is 453 Å². The van der Waals surface area contributed by atoms with E-state index in [1.54, 1.807) is 0 Å². The number of carbonyl (C=O) groups excluding carboxylic acids is 4. The van der Waals surface area contributed by atoms with Crippen LogP contribution in [0.2, 0.25) is 0 Å². The number of aliphatic hydroxyl groups is 1. The van der Waals surface area contributed by atoms with Gasteiger partial charge in [0.25, 0.3) is 0 Å². The van der Waals surface area contributed by atoms with Crippen LogP contribution in [-0.4, -0.2) is 96.7 Å². The van der Waals surface area contributed by atoms with Crippen LogP contribution in [-0.2, 0) is 65.4 Å². The molecule has 0 fully saturated rings. The fourth-order valence-corrected chi connectivity index (χ4v) is 14.4. The molecular weight excluding hydrogens is 1340 g/mol. The molecule has 0 aliphatic rings. The Balaban J connectivity index is 5.25. The lowest BCUT2D eigenvalue weighted by molar-refractivity contribution is -0.161. The lowest BCUT2D eigenvalue weighted by atomic mass is 9.99. The van der Waals surface area contributed by atoms with Crippen LogP contribution in [0.5, 0.6) is 0 Å². The smallest absolute Gasteiger partial charge is 0.462 e. The Morgan fingerprint density at radius 3 is 0.689 bits per heavy atom. The average molecular weight is 1510 g/mol. The molecule has 8 atom stereocenters. The Kier molecular flexibility index (Phi) is 71.5. The van der Waals surface area contributed by atoms with E-state index in [0.29, 0.717) is 25.7 Å². The number of phosphoric acid groups is 2. The molecule has 0 spiro atoms. The summed E-state index contributed by atoms with van der Waals surface area (Å²) >= 11 is 0. The van der Waals surface area contributed by atoms with Crippen molar-refractivity contribution in [3.8, 4) is 0 Å². The number of aliphatic hydroxyl groups excluding tert-OH is 1. The van der Waals surface area contributed by atoms with E-state index < -0.39 is 97.5 Å². The number of phosphoric ester groups is 2. The number of esters is 4. The van der Waals surface area contributed by atoms with Crippen LogP contribution < -0.4 is 0 Å². The number of rotatable bonds is 81. The third kappa shape index (κ3) is 74.0. The van der Waals surface area contributed by atoms with Gasteiger partial charge in [0.15, 0.2) is 12.2 Å². The standard InChI is InChI=1S/C84H164O17P2/c1-9-75(6)61-53-45-37-29-20-18-16-14-12-13-15-17-19-21-34-42-50-58-66-83(88)100-79(70-95-82(87)65-57-49-41-33-26-23-30-38-46-54-62-76(7)10-2)72-98-102(90,91)96-68-78(85)69-97-103(92,93)99-73-80(71-94-81(86)64-56-48-40-32-25-22-28-36-44-52-60-74(4)5)101-84(89)67-59-51-43-35-27-24-31-39-47-55-63-77(8)11-3/h74-80,85H,9-73H2,1-8H3,(H,90,91)(H,92,93)/t75?,76?,77?,78-,79-,80-/m1/s1. The Hall–Kier alpha value is -1.94. The third-order valence-corrected chi connectivity index (χ3v) is 22.6. The van der Waals surface area contributed by atoms with Crippen LogP contribution in [0.25, 0.3) is 0 Å². The Labute approximate surface area is 632 Å². The molecule has 0 bridgehead atoms. The number of hydrogen-bond donors (Lipinski definition) is 3. The minimum Gasteiger partial charge on any atom is -0.462 e. The molecule has 5 unspecified atom stereocenters. The van der Waals surface area contributed by atoms with Gasteiger partial charge in [0.1, 0.15) is 19.3 Å². The maximum atomic E-state index is 13.1. The van der Waals surface area contributed by atoms with E-state index in [0.717, 1.165) is 114 Å². The van der Waals surface area contributed by atoms with Crippen molar-refractivity contribution >= 4 is 39.5 Å². The second-order valence-electron chi connectivity index (χ2n) is 31.4. The largest absolute Gasteiger partial charge is 0.472 e. The number of carbonyl (C=O) groups is 4. The van der Waals surface area contributed by atoms with Gasteiger partial charge in [0.05, 0.1) is 26.4 Å². The molecular formula is C84H164O17P2. The van der Waals surface area contributed by atoms with Crippen molar-refractivity contribution in [2.75, 3.05) is 39.6 Å². The quantitative estimate of drug-likeness (QED) is 0.0222. The van der Waals surface area contributed by atoms with E-state index in [9.17, 15) is 43.2 Å². The SMILES string of the molecule is CCC(C)CCCCCCCCCCCCCCCCCCCCC(=O)O[C@H](COC(=O)CCCCCCCCCCCCC(C)CC)COP(=O)(O)OC[C@@H](O)COP(=O)(O)OC[C@@H](COC(=O)CCCCCCCCCCCCC(C)C)OC(=O)CCCCCCCCCCCCC(C)CC. The maximum absolute atomic E-state index is 13.1. The number of unbranched alkanes of at least 4 members (excludes halogenated alkanes) is 44. The van der Waals surface area contributed by atoms with Crippen molar-refractivity contribution in [1.29, 1.82) is 0 Å². The molecule has 612 valence electrons. The Bertz CT molecular complexity index is 2010. The van der Waals surface area contributed by atoms with Crippen molar-refractivity contribution < 1.29 is 80.2 Å². The molecule has 0 aliphatic heterocycles. The molecule has 0 radical (unpaired) electrons. The second-order valence-corrected chi connectivity index (χ2v) is 34.3. The molecule has 0 aliphatic carbocycles. The first kappa shape index (κ1) is 101. The van der Waals surface area contributed by atoms with E-state index in [1.165, 1.54) is 238 Å². The number of ether oxygens (including phenoxy) is 4. The van der Waals surface area contributed by atoms with Gasteiger partial charge in [-0.15, -0.1) is 0 Å². The molecule has 19 heteroatoms. The molecule has 0 saturated carbocycles. The molecule has 0 heterocycles. The normalized spacial score (nSPS) is 14.8. The third-order valence-electron chi connectivity index (χ3n) is 20.7. The highest BCUT2D eigenvalue weighted by molar-refractivity contribution is 7.47. The topological polar surface area (TPSA) is 237 Å². The summed E-state index contributed by atoms with van der Waals surface area (Å²) in [5.74, 6) is 1.13. The van der Waals surface area contributed by atoms with Gasteiger partial charge in [0, 0.05) is 25.7 Å². The van der Waals surface area contributed by atoms with Gasteiger partial charge in [0.2, 0.25) is 0 Å². The van der Waals surface area contributed by atoms with E-state index in [4.69, 9.17) is 37.0 Å². The highest BCUT2D eigenvalue weighted by Gasteiger charge is 2.30. The molecule has 0 amide bonds. The fourth-order valence-electron chi connectivity index (χ4n) is 12.9. The van der Waals surface area contributed by atoms with Gasteiger partial charge in [-0.3, -0.25) is 37.3 Å². The van der Waals surface area contributed by atoms with Gasteiger partial charge in [-0.1, -0.05) is 383 Å². The first-order valence-electron chi connectivity index (χ1n) is 43.3. The van der Waals surface area contributed by atoms with E-state index >= 15 is 0 Å². The summed E-state index contributed by atoms with van der Waals surface area (Å²) in [6.45, 7) is 14.4. The summed E-state index contributed by atoms with van der Waals surface area (Å²) in [5, 5.41) is 10.7. The minimum absolute atomic E-state index is 0.106.